The molecule has 0 fully saturated rings. The summed E-state index contributed by atoms with van der Waals surface area (Å²) in [6.45, 7) is 2.08. The molecular weight excluding hydrogens is 170 g/mol. The summed E-state index contributed by atoms with van der Waals surface area (Å²) < 4.78 is 6.92. The smallest absolute Gasteiger partial charge is 0.113 e. The van der Waals surface area contributed by atoms with Gasteiger partial charge in [-0.1, -0.05) is 12.1 Å². The van der Waals surface area contributed by atoms with E-state index in [0.717, 1.165) is 5.69 Å². The van der Waals surface area contributed by atoms with E-state index in [0.29, 0.717) is 0 Å². The molecule has 12 heavy (non-hydrogen) atoms. The Bertz CT molecular complexity index is 252. The highest BCUT2D eigenvalue weighted by Crippen LogP contribution is 2.20. The molecule has 0 heterocycles. The Morgan fingerprint density at radius 1 is 1.42 bits per heavy atom. The standard InChI is InChI=1S/C9H13NOS/c1-8-5-4-6-9(7-8)10(2)12-11-3/h4-7H,1-3H3. The van der Waals surface area contributed by atoms with Gasteiger partial charge in [0, 0.05) is 12.7 Å². The fourth-order valence-electron chi connectivity index (χ4n) is 0.979. The maximum Gasteiger partial charge on any atom is 0.113 e. The summed E-state index contributed by atoms with van der Waals surface area (Å²) >= 11 is 1.33. The quantitative estimate of drug-likeness (QED) is 0.528. The SMILES string of the molecule is COSN(C)c1cccc(C)c1. The zero-order chi connectivity index (χ0) is 8.97. The molecule has 0 amide bonds. The van der Waals surface area contributed by atoms with Crippen molar-refractivity contribution in [3.05, 3.63) is 29.8 Å². The summed E-state index contributed by atoms with van der Waals surface area (Å²) in [5.41, 5.74) is 2.41. The largest absolute Gasteiger partial charge is 0.300 e. The first-order chi connectivity index (χ1) is 5.74. The van der Waals surface area contributed by atoms with Gasteiger partial charge in [0.25, 0.3) is 0 Å². The van der Waals surface area contributed by atoms with E-state index < -0.39 is 0 Å². The van der Waals surface area contributed by atoms with E-state index in [4.69, 9.17) is 4.18 Å². The van der Waals surface area contributed by atoms with Crippen molar-refractivity contribution >= 4 is 17.9 Å². The summed E-state index contributed by atoms with van der Waals surface area (Å²) in [7, 11) is 3.64. The lowest BCUT2D eigenvalue weighted by Crippen LogP contribution is -2.06. The highest BCUT2D eigenvalue weighted by molar-refractivity contribution is 7.96. The van der Waals surface area contributed by atoms with Crippen LogP contribution < -0.4 is 4.31 Å². The van der Waals surface area contributed by atoms with E-state index in [1.165, 1.54) is 17.8 Å². The fraction of sp³-hybridized carbons (Fsp3) is 0.333. The molecule has 0 unspecified atom stereocenters. The van der Waals surface area contributed by atoms with Crippen LogP contribution in [0.2, 0.25) is 0 Å². The van der Waals surface area contributed by atoms with Crippen LogP contribution in [0.15, 0.2) is 24.3 Å². The van der Waals surface area contributed by atoms with Crippen LogP contribution in [-0.4, -0.2) is 14.2 Å². The Morgan fingerprint density at radius 2 is 2.17 bits per heavy atom. The maximum atomic E-state index is 4.94. The Labute approximate surface area is 77.9 Å². The van der Waals surface area contributed by atoms with Crippen molar-refractivity contribution in [2.45, 2.75) is 6.92 Å². The topological polar surface area (TPSA) is 12.5 Å². The summed E-state index contributed by atoms with van der Waals surface area (Å²) in [5, 5.41) is 0. The highest BCUT2D eigenvalue weighted by Gasteiger charge is 1.99. The molecule has 3 heteroatoms. The van der Waals surface area contributed by atoms with Crippen molar-refractivity contribution in [3.8, 4) is 0 Å². The Kier molecular flexibility index (Phi) is 3.44. The monoisotopic (exact) mass is 183 g/mol. The molecule has 0 aliphatic heterocycles. The molecule has 0 aromatic heterocycles. The molecule has 0 atom stereocenters. The minimum atomic E-state index is 1.15. The Balaban J connectivity index is 2.73. The lowest BCUT2D eigenvalue weighted by molar-refractivity contribution is 0.489. The van der Waals surface area contributed by atoms with Crippen LogP contribution in [0.5, 0.6) is 0 Å². The lowest BCUT2D eigenvalue weighted by atomic mass is 10.2. The molecule has 0 bridgehead atoms. The van der Waals surface area contributed by atoms with Gasteiger partial charge in [0.05, 0.1) is 7.11 Å². The van der Waals surface area contributed by atoms with Gasteiger partial charge in [-0.05, 0) is 24.6 Å². The van der Waals surface area contributed by atoms with Gasteiger partial charge in [-0.25, -0.2) is 0 Å². The molecule has 66 valence electrons. The number of rotatable bonds is 3. The molecule has 0 radical (unpaired) electrons. The average molecular weight is 183 g/mol. The average Bonchev–Trinajstić information content (AvgIpc) is 2.05. The molecule has 0 aliphatic rings. The second-order valence-electron chi connectivity index (χ2n) is 2.58. The van der Waals surface area contributed by atoms with Crippen LogP contribution in [0.3, 0.4) is 0 Å². The van der Waals surface area contributed by atoms with E-state index in [1.807, 2.05) is 17.4 Å². The number of nitrogens with zero attached hydrogens (tertiary/aromatic N) is 1. The van der Waals surface area contributed by atoms with E-state index in [-0.39, 0.29) is 0 Å². The van der Waals surface area contributed by atoms with Crippen molar-refractivity contribution in [2.24, 2.45) is 0 Å². The van der Waals surface area contributed by atoms with Crippen LogP contribution in [-0.2, 0) is 4.18 Å². The van der Waals surface area contributed by atoms with Gasteiger partial charge in [-0.3, -0.25) is 4.31 Å². The number of aryl methyl sites for hydroxylation is 1. The predicted octanol–water partition coefficient (Wildman–Crippen LogP) is 2.64. The summed E-state index contributed by atoms with van der Waals surface area (Å²) in [4.78, 5) is 0. The lowest BCUT2D eigenvalue weighted by Gasteiger charge is -2.15. The number of benzene rings is 1. The number of hydrogen-bond acceptors (Lipinski definition) is 3. The zero-order valence-electron chi connectivity index (χ0n) is 7.57. The van der Waals surface area contributed by atoms with Crippen LogP contribution in [0.25, 0.3) is 0 Å². The van der Waals surface area contributed by atoms with Crippen molar-refractivity contribution in [1.29, 1.82) is 0 Å². The summed E-state index contributed by atoms with van der Waals surface area (Å²) in [6.07, 6.45) is 0. The minimum absolute atomic E-state index is 1.15. The van der Waals surface area contributed by atoms with Crippen LogP contribution in [0.4, 0.5) is 5.69 Å². The van der Waals surface area contributed by atoms with Crippen molar-refractivity contribution in [3.63, 3.8) is 0 Å². The first-order valence-electron chi connectivity index (χ1n) is 3.75. The van der Waals surface area contributed by atoms with Crippen molar-refractivity contribution < 1.29 is 4.18 Å². The molecule has 0 spiro atoms. The molecule has 0 aliphatic carbocycles. The van der Waals surface area contributed by atoms with Gasteiger partial charge in [-0.2, -0.15) is 0 Å². The molecule has 1 aromatic rings. The Hall–Kier alpha value is -0.670. The summed E-state index contributed by atoms with van der Waals surface area (Å²) in [6, 6.07) is 8.29. The third kappa shape index (κ3) is 2.43. The van der Waals surface area contributed by atoms with Crippen LogP contribution in [0, 0.1) is 6.92 Å². The number of hydrogen-bond donors (Lipinski definition) is 0. The van der Waals surface area contributed by atoms with E-state index in [2.05, 4.69) is 25.1 Å². The maximum absolute atomic E-state index is 4.94. The van der Waals surface area contributed by atoms with E-state index >= 15 is 0 Å². The molecule has 0 N–H and O–H groups in total. The highest BCUT2D eigenvalue weighted by atomic mass is 32.2. The molecule has 1 aromatic carbocycles. The second-order valence-corrected chi connectivity index (χ2v) is 3.61. The normalized spacial score (nSPS) is 9.92. The minimum Gasteiger partial charge on any atom is -0.300 e. The van der Waals surface area contributed by atoms with Gasteiger partial charge in [0.1, 0.15) is 12.2 Å². The number of anilines is 1. The third-order valence-electron chi connectivity index (χ3n) is 1.55. The van der Waals surface area contributed by atoms with Crippen LogP contribution in [0.1, 0.15) is 5.56 Å². The predicted molar refractivity (Wildman–Crippen MR) is 54.2 cm³/mol. The Morgan fingerprint density at radius 3 is 2.75 bits per heavy atom. The molecular formula is C9H13NOS. The molecule has 2 nitrogen and oxygen atoms in total. The van der Waals surface area contributed by atoms with Gasteiger partial charge in [-0.15, -0.1) is 0 Å². The fourth-order valence-corrected chi connectivity index (χ4v) is 1.40. The van der Waals surface area contributed by atoms with Crippen molar-refractivity contribution in [1.82, 2.24) is 0 Å². The van der Waals surface area contributed by atoms with E-state index in [9.17, 15) is 0 Å². The van der Waals surface area contributed by atoms with Gasteiger partial charge < -0.3 is 4.18 Å². The summed E-state index contributed by atoms with van der Waals surface area (Å²) in [5.74, 6) is 0. The van der Waals surface area contributed by atoms with Gasteiger partial charge >= 0.3 is 0 Å². The van der Waals surface area contributed by atoms with Gasteiger partial charge in [0.15, 0.2) is 0 Å². The van der Waals surface area contributed by atoms with E-state index in [1.54, 1.807) is 7.11 Å². The third-order valence-corrected chi connectivity index (χ3v) is 2.14. The zero-order valence-corrected chi connectivity index (χ0v) is 8.39. The van der Waals surface area contributed by atoms with Gasteiger partial charge in [0.2, 0.25) is 0 Å². The van der Waals surface area contributed by atoms with Crippen LogP contribution >= 0.6 is 12.2 Å². The molecule has 0 saturated carbocycles. The first kappa shape index (κ1) is 9.42. The van der Waals surface area contributed by atoms with Crippen molar-refractivity contribution in [2.75, 3.05) is 18.5 Å². The molecule has 0 saturated heterocycles. The molecule has 1 rings (SSSR count). The first-order valence-corrected chi connectivity index (χ1v) is 4.45. The second kappa shape index (κ2) is 4.38.